The van der Waals surface area contributed by atoms with Crippen LogP contribution >= 0.6 is 0 Å². The van der Waals surface area contributed by atoms with Crippen molar-refractivity contribution in [3.05, 3.63) is 35.4 Å². The predicted octanol–water partition coefficient (Wildman–Crippen LogP) is 0.390. The maximum Gasteiger partial charge on any atom is 0.221 e. The molecule has 1 unspecified atom stereocenters. The zero-order valence-electron chi connectivity index (χ0n) is 9.44. The number of primary amides is 1. The third kappa shape index (κ3) is 4.00. The molecule has 4 nitrogen and oxygen atoms in total. The van der Waals surface area contributed by atoms with Crippen molar-refractivity contribution < 1.29 is 9.90 Å². The molecule has 0 fully saturated rings. The first-order chi connectivity index (χ1) is 7.63. The van der Waals surface area contributed by atoms with Crippen LogP contribution in [0.5, 0.6) is 0 Å². The first kappa shape index (κ1) is 12.7. The molecular formula is C12H18N2O2. The quantitative estimate of drug-likeness (QED) is 0.651. The van der Waals surface area contributed by atoms with Crippen LogP contribution in [0.2, 0.25) is 0 Å². The van der Waals surface area contributed by atoms with Gasteiger partial charge in [-0.05, 0) is 11.1 Å². The highest BCUT2D eigenvalue weighted by molar-refractivity contribution is 5.76. The molecule has 0 spiro atoms. The second-order valence-corrected chi connectivity index (χ2v) is 3.91. The molecule has 1 amide bonds. The fraction of sp³-hybridized carbons (Fsp3) is 0.417. The van der Waals surface area contributed by atoms with E-state index in [0.29, 0.717) is 13.1 Å². The molecule has 0 saturated carbocycles. The van der Waals surface area contributed by atoms with E-state index in [4.69, 9.17) is 10.8 Å². The van der Waals surface area contributed by atoms with Crippen molar-refractivity contribution in [2.24, 2.45) is 11.7 Å². The molecule has 4 heteroatoms. The lowest BCUT2D eigenvalue weighted by atomic mass is 10.1. The number of carbonyl (C=O) groups is 1. The Hall–Kier alpha value is -1.39. The van der Waals surface area contributed by atoms with E-state index < -0.39 is 0 Å². The highest BCUT2D eigenvalue weighted by atomic mass is 16.3. The van der Waals surface area contributed by atoms with E-state index >= 15 is 0 Å². The van der Waals surface area contributed by atoms with Crippen molar-refractivity contribution in [1.82, 2.24) is 5.32 Å². The lowest BCUT2D eigenvalue weighted by Crippen LogP contribution is -2.30. The van der Waals surface area contributed by atoms with E-state index in [1.54, 1.807) is 6.92 Å². The number of nitrogens with two attached hydrogens (primary N) is 1. The van der Waals surface area contributed by atoms with E-state index in [-0.39, 0.29) is 18.4 Å². The number of aliphatic hydroxyl groups is 1. The van der Waals surface area contributed by atoms with Gasteiger partial charge in [-0.15, -0.1) is 0 Å². The van der Waals surface area contributed by atoms with Gasteiger partial charge in [0.1, 0.15) is 0 Å². The van der Waals surface area contributed by atoms with Crippen LogP contribution in [0.1, 0.15) is 18.1 Å². The summed E-state index contributed by atoms with van der Waals surface area (Å²) in [5.74, 6) is -0.445. The summed E-state index contributed by atoms with van der Waals surface area (Å²) < 4.78 is 0. The summed E-state index contributed by atoms with van der Waals surface area (Å²) in [6.07, 6.45) is 0. The van der Waals surface area contributed by atoms with Crippen molar-refractivity contribution in [2.75, 3.05) is 6.54 Å². The molecule has 1 aromatic carbocycles. The summed E-state index contributed by atoms with van der Waals surface area (Å²) in [6, 6.07) is 7.67. The van der Waals surface area contributed by atoms with Crippen LogP contribution in [-0.2, 0) is 17.9 Å². The molecule has 0 aliphatic rings. The minimum atomic E-state index is -0.289. The molecule has 0 aliphatic heterocycles. The van der Waals surface area contributed by atoms with Gasteiger partial charge in [0, 0.05) is 19.0 Å². The maximum atomic E-state index is 10.8. The third-order valence-corrected chi connectivity index (χ3v) is 2.47. The van der Waals surface area contributed by atoms with Crippen molar-refractivity contribution >= 4 is 5.91 Å². The summed E-state index contributed by atoms with van der Waals surface area (Å²) in [7, 11) is 0. The number of benzene rings is 1. The van der Waals surface area contributed by atoms with Gasteiger partial charge in [-0.2, -0.15) is 0 Å². The summed E-state index contributed by atoms with van der Waals surface area (Å²) in [5.41, 5.74) is 7.16. The normalized spacial score (nSPS) is 12.4. The number of hydrogen-bond acceptors (Lipinski definition) is 3. The van der Waals surface area contributed by atoms with Crippen molar-refractivity contribution in [1.29, 1.82) is 0 Å². The SMILES string of the molecule is CC(CNCc1ccc(CO)cc1)C(N)=O. The number of amides is 1. The van der Waals surface area contributed by atoms with Gasteiger partial charge in [-0.3, -0.25) is 4.79 Å². The molecule has 88 valence electrons. The zero-order valence-corrected chi connectivity index (χ0v) is 9.44. The molecule has 0 radical (unpaired) electrons. The Morgan fingerprint density at radius 1 is 1.38 bits per heavy atom. The molecular weight excluding hydrogens is 204 g/mol. The van der Waals surface area contributed by atoms with Crippen LogP contribution in [0.15, 0.2) is 24.3 Å². The number of hydrogen-bond donors (Lipinski definition) is 3. The predicted molar refractivity (Wildman–Crippen MR) is 62.4 cm³/mol. The Bertz CT molecular complexity index is 335. The van der Waals surface area contributed by atoms with Gasteiger partial charge >= 0.3 is 0 Å². The standard InChI is InChI=1S/C12H18N2O2/c1-9(12(13)16)6-14-7-10-2-4-11(8-15)5-3-10/h2-5,9,14-15H,6-8H2,1H3,(H2,13,16). The summed E-state index contributed by atoms with van der Waals surface area (Å²) in [4.78, 5) is 10.8. The Morgan fingerprint density at radius 3 is 2.44 bits per heavy atom. The Labute approximate surface area is 95.5 Å². The number of rotatable bonds is 6. The van der Waals surface area contributed by atoms with Crippen molar-refractivity contribution in [3.8, 4) is 0 Å². The number of aliphatic hydroxyl groups excluding tert-OH is 1. The fourth-order valence-electron chi connectivity index (χ4n) is 1.30. The largest absolute Gasteiger partial charge is 0.392 e. The van der Waals surface area contributed by atoms with E-state index in [1.165, 1.54) is 0 Å². The molecule has 0 aliphatic carbocycles. The Kier molecular flexibility index (Phi) is 4.95. The fourth-order valence-corrected chi connectivity index (χ4v) is 1.30. The summed E-state index contributed by atoms with van der Waals surface area (Å²) in [5, 5.41) is 12.0. The topological polar surface area (TPSA) is 75.3 Å². The molecule has 16 heavy (non-hydrogen) atoms. The molecule has 1 atom stereocenters. The smallest absolute Gasteiger partial charge is 0.221 e. The molecule has 0 aromatic heterocycles. The Morgan fingerprint density at radius 2 is 1.94 bits per heavy atom. The average molecular weight is 222 g/mol. The van der Waals surface area contributed by atoms with Crippen molar-refractivity contribution in [2.45, 2.75) is 20.1 Å². The van der Waals surface area contributed by atoms with Crippen LogP contribution in [0.3, 0.4) is 0 Å². The lowest BCUT2D eigenvalue weighted by molar-refractivity contribution is -0.121. The second-order valence-electron chi connectivity index (χ2n) is 3.91. The Balaban J connectivity index is 2.34. The molecule has 4 N–H and O–H groups in total. The minimum Gasteiger partial charge on any atom is -0.392 e. The summed E-state index contributed by atoms with van der Waals surface area (Å²) >= 11 is 0. The van der Waals surface area contributed by atoms with Gasteiger partial charge in [0.05, 0.1) is 6.61 Å². The van der Waals surface area contributed by atoms with E-state index in [9.17, 15) is 4.79 Å². The van der Waals surface area contributed by atoms with Crippen LogP contribution in [0, 0.1) is 5.92 Å². The summed E-state index contributed by atoms with van der Waals surface area (Å²) in [6.45, 7) is 3.14. The molecule has 0 bridgehead atoms. The molecule has 1 aromatic rings. The minimum absolute atomic E-state index is 0.0619. The van der Waals surface area contributed by atoms with Gasteiger partial charge in [0.25, 0.3) is 0 Å². The van der Waals surface area contributed by atoms with Crippen LogP contribution in [0.4, 0.5) is 0 Å². The average Bonchev–Trinajstić information content (AvgIpc) is 2.29. The van der Waals surface area contributed by atoms with Crippen LogP contribution < -0.4 is 11.1 Å². The highest BCUT2D eigenvalue weighted by Crippen LogP contribution is 2.04. The van der Waals surface area contributed by atoms with Crippen LogP contribution in [0.25, 0.3) is 0 Å². The third-order valence-electron chi connectivity index (χ3n) is 2.47. The monoisotopic (exact) mass is 222 g/mol. The zero-order chi connectivity index (χ0) is 12.0. The van der Waals surface area contributed by atoms with E-state index in [0.717, 1.165) is 11.1 Å². The molecule has 1 rings (SSSR count). The second kappa shape index (κ2) is 6.25. The number of nitrogens with one attached hydrogen (secondary N) is 1. The van der Waals surface area contributed by atoms with Gasteiger partial charge < -0.3 is 16.2 Å². The van der Waals surface area contributed by atoms with Gasteiger partial charge in [0.15, 0.2) is 0 Å². The molecule has 0 saturated heterocycles. The first-order valence-corrected chi connectivity index (χ1v) is 5.32. The van der Waals surface area contributed by atoms with E-state index in [1.807, 2.05) is 24.3 Å². The van der Waals surface area contributed by atoms with Gasteiger partial charge in [-0.25, -0.2) is 0 Å². The lowest BCUT2D eigenvalue weighted by Gasteiger charge is -2.09. The highest BCUT2D eigenvalue weighted by Gasteiger charge is 2.06. The number of carbonyl (C=O) groups excluding carboxylic acids is 1. The first-order valence-electron chi connectivity index (χ1n) is 5.32. The maximum absolute atomic E-state index is 10.8. The van der Waals surface area contributed by atoms with Gasteiger partial charge in [-0.1, -0.05) is 31.2 Å². The van der Waals surface area contributed by atoms with Crippen LogP contribution in [-0.4, -0.2) is 17.6 Å². The van der Waals surface area contributed by atoms with Crippen molar-refractivity contribution in [3.63, 3.8) is 0 Å². The van der Waals surface area contributed by atoms with Gasteiger partial charge in [0.2, 0.25) is 5.91 Å². The molecule has 0 heterocycles. The van der Waals surface area contributed by atoms with E-state index in [2.05, 4.69) is 5.32 Å².